The van der Waals surface area contributed by atoms with Crippen molar-refractivity contribution in [2.45, 2.75) is 70.4 Å². The predicted molar refractivity (Wildman–Crippen MR) is 166 cm³/mol. The minimum absolute atomic E-state index is 0.0358. The first kappa shape index (κ1) is 29.1. The van der Waals surface area contributed by atoms with E-state index in [1.165, 1.54) is 12.1 Å². The van der Waals surface area contributed by atoms with E-state index < -0.39 is 17.2 Å². The number of phenolic OH excluding ortho intramolecular Hbond substituents is 1. The van der Waals surface area contributed by atoms with E-state index >= 15 is 4.39 Å². The average molecular weight is 604 g/mol. The zero-order valence-corrected chi connectivity index (χ0v) is 25.5. The van der Waals surface area contributed by atoms with Crippen molar-refractivity contribution >= 4 is 27.5 Å². The highest BCUT2D eigenvalue weighted by atomic mass is 19.1. The van der Waals surface area contributed by atoms with Crippen LogP contribution in [0.2, 0.25) is 0 Å². The second kappa shape index (κ2) is 10.8. The van der Waals surface area contributed by atoms with Gasteiger partial charge in [-0.1, -0.05) is 19.9 Å². The van der Waals surface area contributed by atoms with E-state index in [1.807, 2.05) is 18.7 Å². The summed E-state index contributed by atoms with van der Waals surface area (Å²) in [4.78, 5) is 18.5. The Balaban J connectivity index is 1.40. The van der Waals surface area contributed by atoms with Crippen LogP contribution in [0.4, 0.5) is 14.6 Å². The molecule has 3 aliphatic rings. The van der Waals surface area contributed by atoms with Gasteiger partial charge in [0, 0.05) is 24.8 Å². The minimum Gasteiger partial charge on any atom is -0.508 e. The maximum absolute atomic E-state index is 16.8. The molecule has 3 saturated heterocycles. The molecule has 0 spiro atoms. The van der Waals surface area contributed by atoms with Crippen LogP contribution in [0.3, 0.4) is 0 Å². The zero-order valence-electron chi connectivity index (χ0n) is 25.5. The van der Waals surface area contributed by atoms with Gasteiger partial charge in [-0.15, -0.1) is 0 Å². The Morgan fingerprint density at radius 3 is 2.73 bits per heavy atom. The van der Waals surface area contributed by atoms with Crippen LogP contribution in [-0.2, 0) is 6.42 Å². The third-order valence-electron chi connectivity index (χ3n) is 10.2. The first-order valence-electron chi connectivity index (χ1n) is 15.7. The lowest BCUT2D eigenvalue weighted by molar-refractivity contribution is 0.107. The van der Waals surface area contributed by atoms with Gasteiger partial charge in [0.05, 0.1) is 23.1 Å². The van der Waals surface area contributed by atoms with Crippen molar-refractivity contribution in [2.24, 2.45) is 5.92 Å². The van der Waals surface area contributed by atoms with Gasteiger partial charge in [0.2, 0.25) is 0 Å². The molecule has 0 aliphatic carbocycles. The lowest BCUT2D eigenvalue weighted by Gasteiger charge is -2.35. The van der Waals surface area contributed by atoms with Gasteiger partial charge in [-0.05, 0) is 92.4 Å². The third-order valence-corrected chi connectivity index (χ3v) is 10.2. The number of hydrogen-bond acceptors (Lipinski definition) is 8. The highest BCUT2D eigenvalue weighted by Gasteiger charge is 2.48. The second-order valence-electron chi connectivity index (χ2n) is 13.3. The van der Waals surface area contributed by atoms with Crippen molar-refractivity contribution in [3.8, 4) is 23.0 Å². The molecule has 0 amide bonds. The number of benzene rings is 2. The molecular formula is C34H39F2N5O3. The van der Waals surface area contributed by atoms with Gasteiger partial charge in [0.25, 0.3) is 0 Å². The molecule has 44 heavy (non-hydrogen) atoms. The van der Waals surface area contributed by atoms with Crippen LogP contribution < -0.4 is 9.64 Å². The summed E-state index contributed by atoms with van der Waals surface area (Å²) in [5.74, 6) is -0.125. The molecule has 0 radical (unpaired) electrons. The van der Waals surface area contributed by atoms with Crippen molar-refractivity contribution < 1.29 is 23.7 Å². The molecule has 4 aromatic rings. The molecule has 5 heterocycles. The number of pyridine rings is 1. The number of ether oxygens (including phenoxy) is 1. The monoisotopic (exact) mass is 603 g/mol. The molecule has 2 N–H and O–H groups in total. The Morgan fingerprint density at radius 2 is 1.93 bits per heavy atom. The number of phenols is 1. The summed E-state index contributed by atoms with van der Waals surface area (Å²) >= 11 is 0. The quantitative estimate of drug-likeness (QED) is 0.266. The highest BCUT2D eigenvalue weighted by molar-refractivity contribution is 6.01. The molecule has 0 saturated carbocycles. The summed E-state index contributed by atoms with van der Waals surface area (Å²) < 4.78 is 38.1. The number of aliphatic hydroxyl groups is 1. The van der Waals surface area contributed by atoms with E-state index in [2.05, 4.69) is 21.8 Å². The fourth-order valence-corrected chi connectivity index (χ4v) is 8.08. The Labute approximate surface area is 255 Å². The van der Waals surface area contributed by atoms with Gasteiger partial charge in [-0.2, -0.15) is 9.97 Å². The van der Waals surface area contributed by atoms with Crippen LogP contribution in [0.15, 0.2) is 30.5 Å². The van der Waals surface area contributed by atoms with Crippen LogP contribution in [0.25, 0.3) is 32.9 Å². The fraction of sp³-hybridized carbons (Fsp3) is 0.500. The number of anilines is 1. The SMILES string of the molecule is CCc1c(F)ccc2cc(O)cc(-c3ncc4c(N5CCC[C@@]5(C)CO)nc(OC[C@@]56CCCN5C[C@H](C)C6)nc4c3F)c12. The van der Waals surface area contributed by atoms with E-state index in [4.69, 9.17) is 9.72 Å². The summed E-state index contributed by atoms with van der Waals surface area (Å²) in [6, 6.07) is 5.99. The lowest BCUT2D eigenvalue weighted by atomic mass is 9.92. The number of aliphatic hydroxyl groups excluding tert-OH is 1. The van der Waals surface area contributed by atoms with Gasteiger partial charge in [-0.25, -0.2) is 8.78 Å². The molecule has 232 valence electrons. The van der Waals surface area contributed by atoms with Gasteiger partial charge < -0.3 is 19.8 Å². The molecule has 2 aromatic carbocycles. The topological polar surface area (TPSA) is 94.8 Å². The first-order valence-corrected chi connectivity index (χ1v) is 15.7. The normalized spacial score (nSPS) is 25.4. The Hall–Kier alpha value is -3.63. The molecule has 2 aromatic heterocycles. The number of nitrogens with zero attached hydrogens (tertiary/aromatic N) is 5. The van der Waals surface area contributed by atoms with Gasteiger partial charge in [-0.3, -0.25) is 9.88 Å². The van der Waals surface area contributed by atoms with Crippen LogP contribution >= 0.6 is 0 Å². The van der Waals surface area contributed by atoms with E-state index in [9.17, 15) is 14.6 Å². The number of aryl methyl sites for hydroxylation is 1. The molecular weight excluding hydrogens is 564 g/mol. The second-order valence-corrected chi connectivity index (χ2v) is 13.3. The van der Waals surface area contributed by atoms with Gasteiger partial charge in [0.15, 0.2) is 5.82 Å². The summed E-state index contributed by atoms with van der Waals surface area (Å²) in [5.41, 5.74) is 0.0615. The van der Waals surface area contributed by atoms with Crippen molar-refractivity contribution in [1.29, 1.82) is 0 Å². The van der Waals surface area contributed by atoms with Crippen LogP contribution in [0, 0.1) is 17.6 Å². The van der Waals surface area contributed by atoms with E-state index in [-0.39, 0.29) is 35.1 Å². The van der Waals surface area contributed by atoms with Gasteiger partial charge >= 0.3 is 6.01 Å². The molecule has 3 aliphatic heterocycles. The first-order chi connectivity index (χ1) is 21.2. The maximum atomic E-state index is 16.8. The van der Waals surface area contributed by atoms with Gasteiger partial charge in [0.1, 0.15) is 35.2 Å². The number of fused-ring (bicyclic) bond motifs is 3. The number of hydrogen-bond donors (Lipinski definition) is 2. The standard InChI is InChI=1S/C34H39F2N5O3/c1-4-23-26(35)8-7-21-13-22(43)14-24(27(21)23)29-28(36)30-25(16-37-29)31(41-12-5-9-33(41,3)18-42)39-32(38-30)44-19-34-10-6-11-40(34)17-20(2)15-34/h7-8,13-14,16,20,42-43H,4-6,9-12,15,17-19H2,1-3H3/t20-,33+,34+/m1/s1. The largest absolute Gasteiger partial charge is 0.508 e. The predicted octanol–water partition coefficient (Wildman–Crippen LogP) is 6.00. The summed E-state index contributed by atoms with van der Waals surface area (Å²) in [5, 5.41) is 22.4. The smallest absolute Gasteiger partial charge is 0.319 e. The highest BCUT2D eigenvalue weighted by Crippen LogP contribution is 2.43. The lowest BCUT2D eigenvalue weighted by Crippen LogP contribution is -2.45. The number of rotatable bonds is 7. The van der Waals surface area contributed by atoms with Crippen molar-refractivity contribution in [2.75, 3.05) is 37.7 Å². The molecule has 3 atom stereocenters. The number of halogens is 2. The molecule has 0 unspecified atom stereocenters. The minimum atomic E-state index is -0.700. The van der Waals surface area contributed by atoms with Crippen molar-refractivity contribution in [1.82, 2.24) is 19.9 Å². The Bertz CT molecular complexity index is 1770. The molecule has 7 rings (SSSR count). The Kier molecular flexibility index (Phi) is 7.12. The molecule has 3 fully saturated rings. The van der Waals surface area contributed by atoms with Crippen molar-refractivity contribution in [3.63, 3.8) is 0 Å². The summed E-state index contributed by atoms with van der Waals surface area (Å²) in [6.07, 6.45) is 6.72. The van der Waals surface area contributed by atoms with Crippen molar-refractivity contribution in [3.05, 3.63) is 47.7 Å². The third kappa shape index (κ3) is 4.56. The number of aromatic hydroxyl groups is 1. The van der Waals surface area contributed by atoms with Crippen LogP contribution in [-0.4, -0.2) is 74.0 Å². The van der Waals surface area contributed by atoms with Crippen LogP contribution in [0.1, 0.15) is 58.4 Å². The summed E-state index contributed by atoms with van der Waals surface area (Å²) in [6.45, 7) is 9.12. The zero-order chi connectivity index (χ0) is 30.8. The van der Waals surface area contributed by atoms with E-state index in [0.29, 0.717) is 58.6 Å². The summed E-state index contributed by atoms with van der Waals surface area (Å²) in [7, 11) is 0. The molecule has 0 bridgehead atoms. The molecule has 10 heteroatoms. The maximum Gasteiger partial charge on any atom is 0.319 e. The average Bonchev–Trinajstić information content (AvgIpc) is 3.67. The fourth-order valence-electron chi connectivity index (χ4n) is 8.08. The number of aromatic nitrogens is 3. The Morgan fingerprint density at radius 1 is 1.11 bits per heavy atom. The van der Waals surface area contributed by atoms with Crippen LogP contribution in [0.5, 0.6) is 11.8 Å². The molecule has 8 nitrogen and oxygen atoms in total. The van der Waals surface area contributed by atoms with E-state index in [0.717, 1.165) is 45.2 Å². The van der Waals surface area contributed by atoms with E-state index in [1.54, 1.807) is 18.3 Å².